The number of amides is 1. The number of aliphatic hydroxyl groups excluding tert-OH is 1. The minimum absolute atomic E-state index is 0.0203. The number of halogens is 3. The van der Waals surface area contributed by atoms with E-state index in [9.17, 15) is 23.1 Å². The molecule has 0 spiro atoms. The Kier molecular flexibility index (Phi) is 6.95. The molecule has 34 heavy (non-hydrogen) atoms. The number of rotatable bonds is 4. The van der Waals surface area contributed by atoms with E-state index < -0.39 is 12.1 Å². The number of aliphatic hydroxyl groups is 1. The molecule has 3 aliphatic rings. The van der Waals surface area contributed by atoms with Gasteiger partial charge in [0.25, 0.3) is 0 Å². The molecule has 0 radical (unpaired) electrons. The zero-order valence-corrected chi connectivity index (χ0v) is 18.4. The highest BCUT2D eigenvalue weighted by Crippen LogP contribution is 2.49. The smallest absolute Gasteiger partial charge is 0.475 e. The van der Waals surface area contributed by atoms with Crippen LogP contribution >= 0.6 is 0 Å². The molecule has 1 amide bonds. The van der Waals surface area contributed by atoms with Crippen LogP contribution in [0.1, 0.15) is 41.5 Å². The average Bonchev–Trinajstić information content (AvgIpc) is 3.30. The van der Waals surface area contributed by atoms with E-state index in [1.807, 2.05) is 0 Å². The summed E-state index contributed by atoms with van der Waals surface area (Å²) in [5.74, 6) is -1.75. The number of nitrogens with zero attached hydrogens (tertiary/aromatic N) is 1. The number of nitrogens with one attached hydrogen (secondary N) is 1. The van der Waals surface area contributed by atoms with E-state index in [1.54, 1.807) is 0 Å². The van der Waals surface area contributed by atoms with E-state index in [-0.39, 0.29) is 24.0 Å². The Morgan fingerprint density at radius 1 is 0.971 bits per heavy atom. The third kappa shape index (κ3) is 5.26. The molecule has 1 saturated heterocycles. The molecular formula is C25H27F3N2O4. The van der Waals surface area contributed by atoms with Crippen LogP contribution in [-0.4, -0.2) is 52.4 Å². The highest BCUT2D eigenvalue weighted by atomic mass is 19.4. The molecular weight excluding hydrogens is 449 g/mol. The quantitative estimate of drug-likeness (QED) is 0.629. The summed E-state index contributed by atoms with van der Waals surface area (Å²) in [5.41, 5.74) is 4.03. The fraction of sp³-hybridized carbons (Fsp3) is 0.440. The molecule has 2 fully saturated rings. The maximum absolute atomic E-state index is 12.7. The van der Waals surface area contributed by atoms with Gasteiger partial charge in [0.15, 0.2) is 0 Å². The second-order valence-corrected chi connectivity index (χ2v) is 9.19. The van der Waals surface area contributed by atoms with Crippen LogP contribution in [0.25, 0.3) is 0 Å². The van der Waals surface area contributed by atoms with E-state index in [1.165, 1.54) is 16.7 Å². The van der Waals surface area contributed by atoms with Crippen molar-refractivity contribution in [3.63, 3.8) is 0 Å². The molecule has 182 valence electrons. The van der Waals surface area contributed by atoms with E-state index in [0.717, 1.165) is 19.6 Å². The van der Waals surface area contributed by atoms with Gasteiger partial charge in [-0.3, -0.25) is 9.69 Å². The molecule has 1 heterocycles. The van der Waals surface area contributed by atoms with E-state index in [4.69, 9.17) is 9.90 Å². The normalized spacial score (nSPS) is 27.6. The summed E-state index contributed by atoms with van der Waals surface area (Å²) < 4.78 is 31.7. The zero-order chi connectivity index (χ0) is 24.5. The summed E-state index contributed by atoms with van der Waals surface area (Å²) >= 11 is 0. The first-order valence-electron chi connectivity index (χ1n) is 11.3. The van der Waals surface area contributed by atoms with Crippen LogP contribution in [0.2, 0.25) is 0 Å². The minimum atomic E-state index is -5.08. The van der Waals surface area contributed by atoms with Gasteiger partial charge in [0.1, 0.15) is 0 Å². The summed E-state index contributed by atoms with van der Waals surface area (Å²) in [5, 5.41) is 20.0. The molecule has 2 aliphatic carbocycles. The number of carboxylic acid groups (broad SMARTS) is 1. The summed E-state index contributed by atoms with van der Waals surface area (Å²) in [6.45, 7) is 3.02. The lowest BCUT2D eigenvalue weighted by atomic mass is 9.81. The van der Waals surface area contributed by atoms with Crippen molar-refractivity contribution in [2.24, 2.45) is 11.8 Å². The Bertz CT molecular complexity index is 1020. The van der Waals surface area contributed by atoms with Crippen molar-refractivity contribution in [3.05, 3.63) is 71.3 Å². The summed E-state index contributed by atoms with van der Waals surface area (Å²) in [6, 6.07) is 19.3. The van der Waals surface area contributed by atoms with E-state index >= 15 is 0 Å². The first-order chi connectivity index (χ1) is 16.1. The number of carbonyl (C=O) groups excluding carboxylic acids is 1. The van der Waals surface area contributed by atoms with Gasteiger partial charge >= 0.3 is 12.1 Å². The van der Waals surface area contributed by atoms with Gasteiger partial charge in [-0.15, -0.1) is 0 Å². The highest BCUT2D eigenvalue weighted by Gasteiger charge is 2.47. The molecule has 1 saturated carbocycles. The maximum atomic E-state index is 12.7. The molecule has 0 aromatic heterocycles. The Labute approximate surface area is 195 Å². The Morgan fingerprint density at radius 3 is 2.15 bits per heavy atom. The van der Waals surface area contributed by atoms with Crippen LogP contribution < -0.4 is 5.32 Å². The van der Waals surface area contributed by atoms with Crippen LogP contribution in [0.4, 0.5) is 13.2 Å². The molecule has 5 rings (SSSR count). The van der Waals surface area contributed by atoms with Gasteiger partial charge < -0.3 is 15.5 Å². The molecule has 1 aliphatic heterocycles. The van der Waals surface area contributed by atoms with Gasteiger partial charge in [0.05, 0.1) is 12.1 Å². The lowest BCUT2D eigenvalue weighted by Crippen LogP contribution is -2.43. The largest absolute Gasteiger partial charge is 0.490 e. The average molecular weight is 476 g/mol. The number of carboxylic acids is 1. The number of likely N-dealkylation sites (tertiary alicyclic amines) is 1. The molecule has 0 bridgehead atoms. The number of fused-ring (bicyclic) bond motifs is 3. The van der Waals surface area contributed by atoms with Crippen LogP contribution in [0.5, 0.6) is 0 Å². The van der Waals surface area contributed by atoms with Crippen molar-refractivity contribution in [3.8, 4) is 0 Å². The number of benzene rings is 2. The van der Waals surface area contributed by atoms with Crippen LogP contribution in [0.15, 0.2) is 54.6 Å². The van der Waals surface area contributed by atoms with Crippen LogP contribution in [-0.2, 0) is 16.1 Å². The van der Waals surface area contributed by atoms with Gasteiger partial charge in [0.2, 0.25) is 5.91 Å². The number of aliphatic carboxylic acids is 1. The lowest BCUT2D eigenvalue weighted by molar-refractivity contribution is -0.192. The topological polar surface area (TPSA) is 89.9 Å². The summed E-state index contributed by atoms with van der Waals surface area (Å²) in [4.78, 5) is 24.1. The van der Waals surface area contributed by atoms with Crippen molar-refractivity contribution in [2.75, 3.05) is 13.1 Å². The first-order valence-corrected chi connectivity index (χ1v) is 11.3. The Balaban J connectivity index is 0.000000344. The Morgan fingerprint density at radius 2 is 1.56 bits per heavy atom. The zero-order valence-electron chi connectivity index (χ0n) is 18.4. The third-order valence-corrected chi connectivity index (χ3v) is 6.87. The number of carbonyl (C=O) groups is 2. The van der Waals surface area contributed by atoms with Crippen molar-refractivity contribution < 1.29 is 33.0 Å². The van der Waals surface area contributed by atoms with Crippen molar-refractivity contribution >= 4 is 11.9 Å². The fourth-order valence-electron chi connectivity index (χ4n) is 5.17. The first kappa shape index (κ1) is 24.2. The molecule has 0 unspecified atom stereocenters. The van der Waals surface area contributed by atoms with Crippen molar-refractivity contribution in [1.82, 2.24) is 10.2 Å². The SMILES string of the molecule is O=C(N[C@@H]1c2ccccc2[C@@H]2CN(Cc3ccccc3)C[C@H]12)C1CC(O)C1.O=C(O)C(F)(F)F. The van der Waals surface area contributed by atoms with Gasteiger partial charge in [-0.05, 0) is 29.5 Å². The molecule has 9 heteroatoms. The summed E-state index contributed by atoms with van der Waals surface area (Å²) in [6.07, 6.45) is -4.17. The van der Waals surface area contributed by atoms with E-state index in [2.05, 4.69) is 64.8 Å². The van der Waals surface area contributed by atoms with Gasteiger partial charge in [-0.2, -0.15) is 13.2 Å². The van der Waals surface area contributed by atoms with Gasteiger partial charge in [-0.25, -0.2) is 4.79 Å². The number of alkyl halides is 3. The van der Waals surface area contributed by atoms with Gasteiger partial charge in [-0.1, -0.05) is 54.6 Å². The summed E-state index contributed by atoms with van der Waals surface area (Å²) in [7, 11) is 0. The predicted molar refractivity (Wildman–Crippen MR) is 118 cm³/mol. The molecule has 6 nitrogen and oxygen atoms in total. The van der Waals surface area contributed by atoms with Crippen molar-refractivity contribution in [2.45, 2.75) is 43.6 Å². The maximum Gasteiger partial charge on any atom is 0.490 e. The molecule has 2 aromatic carbocycles. The standard InChI is InChI=1S/C23H26N2O2.C2HF3O2/c26-17-10-16(11-17)23(27)24-22-19-9-5-4-8-18(19)20-13-25(14-21(20)22)12-15-6-2-1-3-7-15;3-2(4,5)1(6)7/h1-9,16-17,20-22,26H,10-14H2,(H,24,27);(H,6,7)/t16?,17?,20-,21-,22+;/m0./s1. The second-order valence-electron chi connectivity index (χ2n) is 9.19. The molecule has 3 atom stereocenters. The van der Waals surface area contributed by atoms with Gasteiger partial charge in [0, 0.05) is 37.4 Å². The third-order valence-electron chi connectivity index (χ3n) is 6.87. The van der Waals surface area contributed by atoms with Crippen molar-refractivity contribution in [1.29, 1.82) is 0 Å². The predicted octanol–water partition coefficient (Wildman–Crippen LogP) is 3.48. The molecule has 3 N–H and O–H groups in total. The number of hydrogen-bond acceptors (Lipinski definition) is 4. The second kappa shape index (κ2) is 9.76. The van der Waals surface area contributed by atoms with Crippen LogP contribution in [0, 0.1) is 11.8 Å². The monoisotopic (exact) mass is 476 g/mol. The van der Waals surface area contributed by atoms with Crippen LogP contribution in [0.3, 0.4) is 0 Å². The minimum Gasteiger partial charge on any atom is -0.475 e. The fourth-order valence-corrected chi connectivity index (χ4v) is 5.17. The Hall–Kier alpha value is -2.91. The van der Waals surface area contributed by atoms with E-state index in [0.29, 0.717) is 24.7 Å². The molecule has 2 aromatic rings. The highest BCUT2D eigenvalue weighted by molar-refractivity contribution is 5.80. The number of hydrogen-bond donors (Lipinski definition) is 3. The lowest BCUT2D eigenvalue weighted by Gasteiger charge is -2.32.